The molecule has 0 bridgehead atoms. The van der Waals surface area contributed by atoms with Gasteiger partial charge in [0.25, 0.3) is 0 Å². The lowest BCUT2D eigenvalue weighted by molar-refractivity contribution is -0.116. The summed E-state index contributed by atoms with van der Waals surface area (Å²) in [5, 5.41) is 0. The fourth-order valence-corrected chi connectivity index (χ4v) is 2.02. The summed E-state index contributed by atoms with van der Waals surface area (Å²) in [7, 11) is 0. The molecule has 0 aromatic carbocycles. The maximum absolute atomic E-state index is 10.6. The summed E-state index contributed by atoms with van der Waals surface area (Å²) in [6, 6.07) is 0. The largest absolute Gasteiger partial charge is 0.296 e. The van der Waals surface area contributed by atoms with Gasteiger partial charge in [0.1, 0.15) is 0 Å². The second-order valence-electron chi connectivity index (χ2n) is 1.35. The molecular weight excluding hydrogens is 213 g/mol. The van der Waals surface area contributed by atoms with E-state index in [1.54, 1.807) is 0 Å². The minimum Gasteiger partial charge on any atom is -0.296 e. The molecule has 1 unspecified atom stereocenters. The summed E-state index contributed by atoms with van der Waals surface area (Å²) in [6.07, 6.45) is 0. The number of halogens is 2. The SMILES string of the molecule is O=C1CSN(Cl)C1Br. The average molecular weight is 216 g/mol. The van der Waals surface area contributed by atoms with Crippen LogP contribution in [0.3, 0.4) is 0 Å². The van der Waals surface area contributed by atoms with Crippen LogP contribution in [0.2, 0.25) is 0 Å². The molecule has 5 heteroatoms. The first-order chi connectivity index (χ1) is 3.72. The Morgan fingerprint density at radius 2 is 2.62 bits per heavy atom. The van der Waals surface area contributed by atoms with Crippen LogP contribution < -0.4 is 0 Å². The van der Waals surface area contributed by atoms with Crippen molar-refractivity contribution in [2.45, 2.75) is 4.95 Å². The fraction of sp³-hybridized carbons (Fsp3) is 0.667. The van der Waals surface area contributed by atoms with Gasteiger partial charge in [-0.05, 0) is 11.8 Å². The number of hydrogen-bond donors (Lipinski definition) is 0. The molecule has 2 nitrogen and oxygen atoms in total. The predicted octanol–water partition coefficient (Wildman–Crippen LogP) is 1.39. The molecule has 0 aromatic heterocycles. The number of carbonyl (C=O) groups is 1. The van der Waals surface area contributed by atoms with Gasteiger partial charge in [0, 0.05) is 0 Å². The Morgan fingerprint density at radius 1 is 2.00 bits per heavy atom. The summed E-state index contributed by atoms with van der Waals surface area (Å²) in [5.74, 6) is 0.615. The van der Waals surface area contributed by atoms with Gasteiger partial charge in [-0.25, -0.2) is 0 Å². The Morgan fingerprint density at radius 3 is 2.75 bits per heavy atom. The third-order valence-electron chi connectivity index (χ3n) is 0.774. The van der Waals surface area contributed by atoms with Gasteiger partial charge in [-0.1, -0.05) is 27.9 Å². The lowest BCUT2D eigenvalue weighted by atomic mass is 10.5. The number of nitrogens with zero attached hydrogens (tertiary/aromatic N) is 1. The quantitative estimate of drug-likeness (QED) is 0.264. The molecule has 1 aliphatic rings. The highest BCUT2D eigenvalue weighted by atomic mass is 79.9. The molecule has 0 amide bonds. The number of rotatable bonds is 0. The van der Waals surface area contributed by atoms with Gasteiger partial charge >= 0.3 is 0 Å². The van der Waals surface area contributed by atoms with Crippen molar-refractivity contribution >= 4 is 45.4 Å². The van der Waals surface area contributed by atoms with Gasteiger partial charge in [0.2, 0.25) is 0 Å². The average Bonchev–Trinajstić information content (AvgIpc) is 1.98. The van der Waals surface area contributed by atoms with Crippen molar-refractivity contribution in [3.63, 3.8) is 0 Å². The van der Waals surface area contributed by atoms with Crippen LogP contribution >= 0.6 is 39.7 Å². The van der Waals surface area contributed by atoms with Gasteiger partial charge in [-0.2, -0.15) is 0 Å². The van der Waals surface area contributed by atoms with Crippen LogP contribution in [0.5, 0.6) is 0 Å². The Labute approximate surface area is 64.9 Å². The maximum atomic E-state index is 10.6. The Kier molecular flexibility index (Phi) is 2.19. The topological polar surface area (TPSA) is 20.3 Å². The van der Waals surface area contributed by atoms with Crippen molar-refractivity contribution in [1.82, 2.24) is 3.82 Å². The molecule has 1 aliphatic heterocycles. The number of Topliss-reactive ketones (excluding diaryl/α,β-unsaturated/α-hetero) is 1. The van der Waals surface area contributed by atoms with E-state index in [2.05, 4.69) is 15.9 Å². The first-order valence-corrected chi connectivity index (χ1v) is 4.16. The predicted molar refractivity (Wildman–Crippen MR) is 37.9 cm³/mol. The zero-order valence-electron chi connectivity index (χ0n) is 3.80. The molecule has 0 spiro atoms. The molecule has 1 heterocycles. The number of ketones is 1. The molecule has 0 aromatic rings. The summed E-state index contributed by atoms with van der Waals surface area (Å²) < 4.78 is 1.38. The van der Waals surface area contributed by atoms with Crippen LogP contribution in [-0.4, -0.2) is 20.3 Å². The van der Waals surface area contributed by atoms with Crippen molar-refractivity contribution in [3.05, 3.63) is 0 Å². The summed E-state index contributed by atoms with van der Waals surface area (Å²) >= 11 is 9.89. The van der Waals surface area contributed by atoms with Crippen LogP contribution in [0, 0.1) is 0 Å². The normalized spacial score (nSPS) is 31.8. The van der Waals surface area contributed by atoms with Crippen molar-refractivity contribution < 1.29 is 4.79 Å². The molecule has 0 saturated carbocycles. The van der Waals surface area contributed by atoms with E-state index in [0.717, 1.165) is 0 Å². The van der Waals surface area contributed by atoms with Crippen molar-refractivity contribution in [3.8, 4) is 0 Å². The van der Waals surface area contributed by atoms with E-state index in [9.17, 15) is 4.79 Å². The standard InChI is InChI=1S/C3H3BrClNOS/c4-3-2(7)1-8-6(3)5/h3H,1H2. The van der Waals surface area contributed by atoms with E-state index >= 15 is 0 Å². The Hall–Kier alpha value is 0.750. The van der Waals surface area contributed by atoms with Gasteiger partial charge in [-0.3, -0.25) is 4.79 Å². The minimum atomic E-state index is -0.283. The highest BCUT2D eigenvalue weighted by molar-refractivity contribution is 9.10. The van der Waals surface area contributed by atoms with E-state index in [0.29, 0.717) is 5.75 Å². The van der Waals surface area contributed by atoms with E-state index in [1.165, 1.54) is 15.8 Å². The number of hydrogen-bond acceptors (Lipinski definition) is 3. The molecule has 1 saturated heterocycles. The number of carbonyl (C=O) groups excluding carboxylic acids is 1. The van der Waals surface area contributed by atoms with Gasteiger partial charge in [-0.15, -0.1) is 3.82 Å². The van der Waals surface area contributed by atoms with E-state index in [1.807, 2.05) is 0 Å². The minimum absolute atomic E-state index is 0.130. The van der Waals surface area contributed by atoms with Crippen LogP contribution in [0.4, 0.5) is 0 Å². The van der Waals surface area contributed by atoms with Crippen molar-refractivity contribution in [1.29, 1.82) is 0 Å². The first-order valence-electron chi connectivity index (χ1n) is 1.96. The third-order valence-corrected chi connectivity index (χ3v) is 3.56. The molecule has 46 valence electrons. The monoisotopic (exact) mass is 215 g/mol. The second kappa shape index (κ2) is 2.56. The molecule has 1 rings (SSSR count). The summed E-state index contributed by atoms with van der Waals surface area (Å²) in [4.78, 5) is 10.3. The lowest BCUT2D eigenvalue weighted by Crippen LogP contribution is -2.15. The van der Waals surface area contributed by atoms with Crippen molar-refractivity contribution in [2.75, 3.05) is 5.75 Å². The highest BCUT2D eigenvalue weighted by Crippen LogP contribution is 2.29. The smallest absolute Gasteiger partial charge is 0.174 e. The molecule has 1 fully saturated rings. The van der Waals surface area contributed by atoms with Gasteiger partial charge in [0.05, 0.1) is 5.75 Å². The molecule has 0 N–H and O–H groups in total. The Bertz CT molecular complexity index is 122. The molecular formula is C3H3BrClNOS. The van der Waals surface area contributed by atoms with E-state index in [4.69, 9.17) is 11.8 Å². The summed E-state index contributed by atoms with van der Waals surface area (Å²) in [5.41, 5.74) is 0. The molecule has 0 radical (unpaired) electrons. The van der Waals surface area contributed by atoms with Crippen LogP contribution in [-0.2, 0) is 4.79 Å². The zero-order valence-corrected chi connectivity index (χ0v) is 6.96. The van der Waals surface area contributed by atoms with Crippen molar-refractivity contribution in [2.24, 2.45) is 0 Å². The summed E-state index contributed by atoms with van der Waals surface area (Å²) in [6.45, 7) is 0. The lowest BCUT2D eigenvalue weighted by Gasteiger charge is -2.02. The van der Waals surface area contributed by atoms with Gasteiger partial charge in [0.15, 0.2) is 10.7 Å². The van der Waals surface area contributed by atoms with Crippen LogP contribution in [0.25, 0.3) is 0 Å². The maximum Gasteiger partial charge on any atom is 0.174 e. The number of alkyl halides is 1. The Balaban J connectivity index is 2.56. The highest BCUT2D eigenvalue weighted by Gasteiger charge is 2.29. The van der Waals surface area contributed by atoms with Gasteiger partial charge < -0.3 is 0 Å². The first kappa shape index (κ1) is 6.86. The zero-order chi connectivity index (χ0) is 6.15. The fourth-order valence-electron chi connectivity index (χ4n) is 0.373. The van der Waals surface area contributed by atoms with Crippen LogP contribution in [0.1, 0.15) is 0 Å². The van der Waals surface area contributed by atoms with E-state index < -0.39 is 0 Å². The van der Waals surface area contributed by atoms with E-state index in [-0.39, 0.29) is 10.7 Å². The third kappa shape index (κ3) is 1.18. The van der Waals surface area contributed by atoms with Crippen LogP contribution in [0.15, 0.2) is 0 Å². The second-order valence-corrected chi connectivity index (χ2v) is 3.72. The molecule has 1 atom stereocenters. The molecule has 8 heavy (non-hydrogen) atoms. The molecule has 0 aliphatic carbocycles.